The molecule has 0 heterocycles. The van der Waals surface area contributed by atoms with E-state index in [0.717, 1.165) is 50.4 Å². The zero-order valence-electron chi connectivity index (χ0n) is 13.2. The maximum atomic E-state index is 12.5. The van der Waals surface area contributed by atoms with Crippen molar-refractivity contribution >= 4 is 5.91 Å². The quantitative estimate of drug-likeness (QED) is 0.839. The lowest BCUT2D eigenvalue weighted by atomic mass is 9.67. The lowest BCUT2D eigenvalue weighted by Gasteiger charge is -2.39. The maximum absolute atomic E-state index is 12.5. The van der Waals surface area contributed by atoms with E-state index in [1.54, 1.807) is 0 Å². The van der Waals surface area contributed by atoms with Crippen molar-refractivity contribution in [1.82, 2.24) is 5.32 Å². The molecular weight excluding hydrogens is 262 g/mol. The lowest BCUT2D eigenvalue weighted by Crippen LogP contribution is -2.43. The Morgan fingerprint density at radius 2 is 1.62 bits per heavy atom. The highest BCUT2D eigenvalue weighted by molar-refractivity contribution is 5.79. The van der Waals surface area contributed by atoms with Crippen LogP contribution in [0.2, 0.25) is 0 Å². The zero-order valence-corrected chi connectivity index (χ0v) is 13.2. The number of hydrogen-bond donors (Lipinski definition) is 2. The molecule has 3 unspecified atom stereocenters. The Morgan fingerprint density at radius 3 is 2.33 bits per heavy atom. The van der Waals surface area contributed by atoms with Gasteiger partial charge in [-0.3, -0.25) is 4.79 Å². The van der Waals surface area contributed by atoms with Crippen LogP contribution in [0, 0.1) is 23.7 Å². The largest absolute Gasteiger partial charge is 0.396 e. The average Bonchev–Trinajstić information content (AvgIpc) is 2.55. The molecule has 0 aromatic carbocycles. The number of carbonyl (C=O) groups is 1. The molecule has 0 bridgehead atoms. The van der Waals surface area contributed by atoms with Crippen LogP contribution in [0.4, 0.5) is 0 Å². The van der Waals surface area contributed by atoms with Crippen LogP contribution in [0.25, 0.3) is 0 Å². The van der Waals surface area contributed by atoms with Crippen LogP contribution in [-0.2, 0) is 4.79 Å². The van der Waals surface area contributed by atoms with Crippen LogP contribution in [-0.4, -0.2) is 23.7 Å². The van der Waals surface area contributed by atoms with Gasteiger partial charge in [0.2, 0.25) is 5.91 Å². The third kappa shape index (κ3) is 3.80. The van der Waals surface area contributed by atoms with E-state index < -0.39 is 0 Å². The number of hydrogen-bond acceptors (Lipinski definition) is 2. The summed E-state index contributed by atoms with van der Waals surface area (Å²) in [6.07, 6.45) is 13.3. The van der Waals surface area contributed by atoms with Gasteiger partial charge in [-0.15, -0.1) is 0 Å². The van der Waals surface area contributed by atoms with E-state index in [1.165, 1.54) is 32.1 Å². The van der Waals surface area contributed by atoms with E-state index in [4.69, 9.17) is 0 Å². The van der Waals surface area contributed by atoms with Crippen LogP contribution in [0.15, 0.2) is 0 Å². The predicted octanol–water partition coefficient (Wildman–Crippen LogP) is 3.26. The topological polar surface area (TPSA) is 49.3 Å². The number of nitrogens with one attached hydrogen (secondary N) is 1. The SMILES string of the molecule is O=C(NC1CCC(CO)CC1)C1CCC2CCCCC2C1. The summed E-state index contributed by atoms with van der Waals surface area (Å²) in [6.45, 7) is 0.312. The van der Waals surface area contributed by atoms with Crippen molar-refractivity contribution in [2.45, 2.75) is 76.7 Å². The fourth-order valence-electron chi connectivity index (χ4n) is 4.92. The Hall–Kier alpha value is -0.570. The van der Waals surface area contributed by atoms with Crippen molar-refractivity contribution < 1.29 is 9.90 Å². The molecule has 0 saturated heterocycles. The van der Waals surface area contributed by atoms with Gasteiger partial charge in [0.1, 0.15) is 0 Å². The van der Waals surface area contributed by atoms with Gasteiger partial charge in [-0.05, 0) is 62.7 Å². The molecule has 0 aromatic heterocycles. The Bertz CT molecular complexity index is 349. The van der Waals surface area contributed by atoms with Gasteiger partial charge in [0.25, 0.3) is 0 Å². The summed E-state index contributed by atoms with van der Waals surface area (Å²) in [5, 5.41) is 12.5. The van der Waals surface area contributed by atoms with Crippen molar-refractivity contribution in [1.29, 1.82) is 0 Å². The molecule has 3 rings (SSSR count). The second kappa shape index (κ2) is 7.13. The molecule has 3 aliphatic carbocycles. The van der Waals surface area contributed by atoms with Crippen molar-refractivity contribution in [2.75, 3.05) is 6.61 Å². The molecule has 3 nitrogen and oxygen atoms in total. The molecule has 0 spiro atoms. The first-order valence-electron chi connectivity index (χ1n) is 9.17. The number of aliphatic hydroxyl groups is 1. The molecular formula is C18H31NO2. The van der Waals surface area contributed by atoms with E-state index in [-0.39, 0.29) is 5.92 Å². The summed E-state index contributed by atoms with van der Waals surface area (Å²) >= 11 is 0. The van der Waals surface area contributed by atoms with Gasteiger partial charge in [0.05, 0.1) is 0 Å². The third-order valence-corrected chi connectivity index (χ3v) is 6.36. The van der Waals surface area contributed by atoms with E-state index >= 15 is 0 Å². The van der Waals surface area contributed by atoms with Crippen LogP contribution in [0.1, 0.15) is 70.6 Å². The zero-order chi connectivity index (χ0) is 14.7. The van der Waals surface area contributed by atoms with E-state index in [2.05, 4.69) is 5.32 Å². The van der Waals surface area contributed by atoms with E-state index in [9.17, 15) is 9.90 Å². The first-order chi connectivity index (χ1) is 10.3. The van der Waals surface area contributed by atoms with Crippen LogP contribution in [0.3, 0.4) is 0 Å². The van der Waals surface area contributed by atoms with Crippen LogP contribution < -0.4 is 5.32 Å². The van der Waals surface area contributed by atoms with Gasteiger partial charge < -0.3 is 10.4 Å². The molecule has 3 saturated carbocycles. The average molecular weight is 293 g/mol. The molecule has 3 atom stereocenters. The van der Waals surface area contributed by atoms with Gasteiger partial charge in [-0.2, -0.15) is 0 Å². The Morgan fingerprint density at radius 1 is 0.905 bits per heavy atom. The highest BCUT2D eigenvalue weighted by Crippen LogP contribution is 2.42. The first-order valence-corrected chi connectivity index (χ1v) is 9.17. The van der Waals surface area contributed by atoms with Gasteiger partial charge in [-0.25, -0.2) is 0 Å². The number of aliphatic hydroxyl groups excluding tert-OH is 1. The Balaban J connectivity index is 1.45. The number of rotatable bonds is 3. The fourth-order valence-corrected chi connectivity index (χ4v) is 4.92. The maximum Gasteiger partial charge on any atom is 0.223 e. The fraction of sp³-hybridized carbons (Fsp3) is 0.944. The molecule has 120 valence electrons. The molecule has 1 amide bonds. The minimum atomic E-state index is 0.278. The summed E-state index contributed by atoms with van der Waals surface area (Å²) < 4.78 is 0. The molecule has 0 aromatic rings. The predicted molar refractivity (Wildman–Crippen MR) is 83.8 cm³/mol. The lowest BCUT2D eigenvalue weighted by molar-refractivity contribution is -0.128. The summed E-state index contributed by atoms with van der Waals surface area (Å²) in [4.78, 5) is 12.5. The minimum absolute atomic E-state index is 0.278. The highest BCUT2D eigenvalue weighted by Gasteiger charge is 2.35. The van der Waals surface area contributed by atoms with Gasteiger partial charge in [0.15, 0.2) is 0 Å². The van der Waals surface area contributed by atoms with Crippen molar-refractivity contribution in [3.05, 3.63) is 0 Å². The second-order valence-electron chi connectivity index (χ2n) is 7.72. The smallest absolute Gasteiger partial charge is 0.223 e. The van der Waals surface area contributed by atoms with Gasteiger partial charge >= 0.3 is 0 Å². The molecule has 2 N–H and O–H groups in total. The standard InChI is InChI=1S/C18H31NO2/c20-12-13-5-9-17(10-6-13)19-18(21)16-8-7-14-3-1-2-4-15(14)11-16/h13-17,20H,1-12H2,(H,19,21). The summed E-state index contributed by atoms with van der Waals surface area (Å²) in [6, 6.07) is 0.365. The highest BCUT2D eigenvalue weighted by atomic mass is 16.3. The molecule has 3 fully saturated rings. The number of carbonyl (C=O) groups excluding carboxylic acids is 1. The van der Waals surface area contributed by atoms with Gasteiger partial charge in [-0.1, -0.05) is 25.7 Å². The van der Waals surface area contributed by atoms with Crippen molar-refractivity contribution in [2.24, 2.45) is 23.7 Å². The second-order valence-corrected chi connectivity index (χ2v) is 7.72. The van der Waals surface area contributed by atoms with E-state index in [0.29, 0.717) is 24.5 Å². The van der Waals surface area contributed by atoms with E-state index in [1.807, 2.05) is 0 Å². The van der Waals surface area contributed by atoms with Crippen LogP contribution in [0.5, 0.6) is 0 Å². The minimum Gasteiger partial charge on any atom is -0.396 e. The molecule has 0 aliphatic heterocycles. The van der Waals surface area contributed by atoms with Gasteiger partial charge in [0, 0.05) is 18.6 Å². The normalized spacial score (nSPS) is 40.3. The summed E-state index contributed by atoms with van der Waals surface area (Å²) in [5.74, 6) is 2.82. The first kappa shape index (κ1) is 15.3. The molecule has 0 radical (unpaired) electrons. The molecule has 3 aliphatic rings. The Labute approximate surface area is 128 Å². The molecule has 3 heteroatoms. The molecule has 21 heavy (non-hydrogen) atoms. The summed E-state index contributed by atoms with van der Waals surface area (Å²) in [7, 11) is 0. The third-order valence-electron chi connectivity index (χ3n) is 6.36. The monoisotopic (exact) mass is 293 g/mol. The summed E-state index contributed by atoms with van der Waals surface area (Å²) in [5.41, 5.74) is 0. The number of fused-ring (bicyclic) bond motifs is 1. The number of amides is 1. The van der Waals surface area contributed by atoms with Crippen molar-refractivity contribution in [3.63, 3.8) is 0 Å². The van der Waals surface area contributed by atoms with Crippen LogP contribution >= 0.6 is 0 Å². The van der Waals surface area contributed by atoms with Crippen molar-refractivity contribution in [3.8, 4) is 0 Å². The Kier molecular flexibility index (Phi) is 5.20.